The van der Waals surface area contributed by atoms with Gasteiger partial charge < -0.3 is 4.74 Å². The first-order chi connectivity index (χ1) is 7.59. The van der Waals surface area contributed by atoms with Gasteiger partial charge in [-0.3, -0.25) is 4.79 Å². The summed E-state index contributed by atoms with van der Waals surface area (Å²) in [6, 6.07) is 0. The Labute approximate surface area is 100 Å². The van der Waals surface area contributed by atoms with Gasteiger partial charge in [0.05, 0.1) is 11.9 Å². The molecule has 0 fully saturated rings. The largest absolute Gasteiger partial charge is 0.465 e. The van der Waals surface area contributed by atoms with Crippen LogP contribution in [0.25, 0.3) is 0 Å². The third kappa shape index (κ3) is 1.99. The number of hydrogen-bond acceptors (Lipinski definition) is 6. The average Bonchev–Trinajstić information content (AvgIpc) is 2.23. The van der Waals surface area contributed by atoms with Gasteiger partial charge in [-0.25, -0.2) is 16.8 Å². The van der Waals surface area contributed by atoms with Crippen molar-refractivity contribution < 1.29 is 26.4 Å². The Hall–Kier alpha value is -0.890. The van der Waals surface area contributed by atoms with Crippen LogP contribution in [0.3, 0.4) is 0 Å². The van der Waals surface area contributed by atoms with E-state index in [1.54, 1.807) is 0 Å². The third-order valence-electron chi connectivity index (χ3n) is 2.96. The van der Waals surface area contributed by atoms with Crippen molar-refractivity contribution in [2.45, 2.75) is 30.8 Å². The summed E-state index contributed by atoms with van der Waals surface area (Å²) in [5, 5.41) is -0.197. The third-order valence-corrected chi connectivity index (χ3v) is 7.46. The SMILES string of the molecule is CCOC(=O)C1(C)C(C)S(=O)(=O)C=CS1(=O)=O. The maximum atomic E-state index is 11.9. The van der Waals surface area contributed by atoms with Crippen LogP contribution in [0, 0.1) is 0 Å². The predicted octanol–water partition coefficient (Wildman–Crippen LogP) is 0.0111. The van der Waals surface area contributed by atoms with Gasteiger partial charge in [-0.15, -0.1) is 0 Å². The number of sulfone groups is 2. The van der Waals surface area contributed by atoms with Crippen LogP contribution < -0.4 is 0 Å². The molecule has 2 atom stereocenters. The van der Waals surface area contributed by atoms with Gasteiger partial charge in [0.2, 0.25) is 0 Å². The number of hydrogen-bond donors (Lipinski definition) is 0. The molecule has 0 aromatic heterocycles. The van der Waals surface area contributed by atoms with Crippen LogP contribution >= 0.6 is 0 Å². The normalized spacial score (nSPS) is 34.2. The fourth-order valence-corrected chi connectivity index (χ4v) is 5.52. The highest BCUT2D eigenvalue weighted by molar-refractivity contribution is 8.02. The smallest absolute Gasteiger partial charge is 0.328 e. The average molecular weight is 282 g/mol. The van der Waals surface area contributed by atoms with E-state index in [1.165, 1.54) is 13.8 Å². The minimum Gasteiger partial charge on any atom is -0.465 e. The molecule has 2 unspecified atom stereocenters. The molecule has 0 amide bonds. The van der Waals surface area contributed by atoms with E-state index in [2.05, 4.69) is 4.74 Å². The zero-order valence-electron chi connectivity index (χ0n) is 9.71. The number of rotatable bonds is 2. The molecule has 0 aromatic carbocycles. The second kappa shape index (κ2) is 4.09. The van der Waals surface area contributed by atoms with Gasteiger partial charge in [-0.05, 0) is 20.8 Å². The summed E-state index contributed by atoms with van der Waals surface area (Å²) >= 11 is 0. The van der Waals surface area contributed by atoms with Crippen molar-refractivity contribution >= 4 is 25.6 Å². The van der Waals surface area contributed by atoms with Crippen LogP contribution in [0.15, 0.2) is 10.8 Å². The van der Waals surface area contributed by atoms with Crippen molar-refractivity contribution in [1.82, 2.24) is 0 Å². The lowest BCUT2D eigenvalue weighted by atomic mass is 10.1. The van der Waals surface area contributed by atoms with E-state index in [0.29, 0.717) is 10.8 Å². The molecule has 0 N–H and O–H groups in total. The molecule has 0 radical (unpaired) electrons. The Morgan fingerprint density at radius 3 is 2.29 bits per heavy atom. The van der Waals surface area contributed by atoms with Crippen molar-refractivity contribution in [1.29, 1.82) is 0 Å². The molecule has 1 rings (SSSR count). The molecule has 1 aliphatic heterocycles. The Balaban J connectivity index is 3.48. The molecule has 1 heterocycles. The van der Waals surface area contributed by atoms with Gasteiger partial charge in [0, 0.05) is 10.8 Å². The molecule has 0 saturated heterocycles. The molecule has 6 nitrogen and oxygen atoms in total. The van der Waals surface area contributed by atoms with Gasteiger partial charge in [0.25, 0.3) is 0 Å². The molecule has 1 aliphatic rings. The van der Waals surface area contributed by atoms with Crippen molar-refractivity contribution in [2.24, 2.45) is 0 Å². The topological polar surface area (TPSA) is 94.6 Å². The first kappa shape index (κ1) is 14.2. The number of carbonyl (C=O) groups excluding carboxylic acids is 1. The molecule has 17 heavy (non-hydrogen) atoms. The van der Waals surface area contributed by atoms with Gasteiger partial charge in [0.15, 0.2) is 24.4 Å². The number of ether oxygens (including phenoxy) is 1. The Morgan fingerprint density at radius 2 is 1.82 bits per heavy atom. The lowest BCUT2D eigenvalue weighted by Gasteiger charge is -2.32. The second-order valence-corrected chi connectivity index (χ2v) is 8.24. The molecule has 98 valence electrons. The van der Waals surface area contributed by atoms with Crippen LogP contribution in [0.1, 0.15) is 20.8 Å². The van der Waals surface area contributed by atoms with Gasteiger partial charge in [-0.2, -0.15) is 0 Å². The van der Waals surface area contributed by atoms with Crippen LogP contribution in [0.4, 0.5) is 0 Å². The molecule has 8 heteroatoms. The van der Waals surface area contributed by atoms with E-state index in [9.17, 15) is 21.6 Å². The van der Waals surface area contributed by atoms with E-state index >= 15 is 0 Å². The highest BCUT2D eigenvalue weighted by Gasteiger charge is 2.57. The molecule has 0 aliphatic carbocycles. The molecule has 0 spiro atoms. The lowest BCUT2D eigenvalue weighted by molar-refractivity contribution is -0.145. The van der Waals surface area contributed by atoms with Crippen LogP contribution in [-0.4, -0.2) is 39.4 Å². The Morgan fingerprint density at radius 1 is 1.29 bits per heavy atom. The zero-order chi connectivity index (χ0) is 13.5. The summed E-state index contributed by atoms with van der Waals surface area (Å²) in [6.45, 7) is 3.77. The minimum absolute atomic E-state index is 0.0135. The molecular weight excluding hydrogens is 268 g/mol. The maximum absolute atomic E-state index is 11.9. The molecule has 0 aromatic rings. The summed E-state index contributed by atoms with van der Waals surface area (Å²) in [5.74, 6) is -1.04. The van der Waals surface area contributed by atoms with Crippen molar-refractivity contribution in [2.75, 3.05) is 6.61 Å². The van der Waals surface area contributed by atoms with Gasteiger partial charge in [-0.1, -0.05) is 0 Å². The molecular formula is C9H14O6S2. The standard InChI is InChI=1S/C9H14O6S2/c1-4-15-8(10)9(3)7(2)16(11,12)5-6-17(9,13)14/h5-7H,4H2,1-3H3. The zero-order valence-corrected chi connectivity index (χ0v) is 11.3. The molecule has 0 saturated carbocycles. The highest BCUT2D eigenvalue weighted by Crippen LogP contribution is 2.34. The first-order valence-corrected chi connectivity index (χ1v) is 8.09. The van der Waals surface area contributed by atoms with E-state index in [-0.39, 0.29) is 6.61 Å². The lowest BCUT2D eigenvalue weighted by Crippen LogP contribution is -2.56. The van der Waals surface area contributed by atoms with E-state index in [0.717, 1.165) is 6.92 Å². The summed E-state index contributed by atoms with van der Waals surface area (Å²) < 4.78 is 49.6. The summed E-state index contributed by atoms with van der Waals surface area (Å²) in [5.41, 5.74) is 0. The predicted molar refractivity (Wildman–Crippen MR) is 61.5 cm³/mol. The fraction of sp³-hybridized carbons (Fsp3) is 0.667. The summed E-state index contributed by atoms with van der Waals surface area (Å²) in [6.07, 6.45) is 0. The highest BCUT2D eigenvalue weighted by atomic mass is 32.2. The quantitative estimate of drug-likeness (QED) is 0.662. The maximum Gasteiger partial charge on any atom is 0.328 e. The first-order valence-electron chi connectivity index (χ1n) is 4.93. The Bertz CT molecular complexity index is 556. The molecule has 0 bridgehead atoms. The van der Waals surface area contributed by atoms with E-state index < -0.39 is 35.6 Å². The monoisotopic (exact) mass is 282 g/mol. The van der Waals surface area contributed by atoms with Gasteiger partial charge in [0.1, 0.15) is 0 Å². The van der Waals surface area contributed by atoms with Crippen molar-refractivity contribution in [3.05, 3.63) is 10.8 Å². The summed E-state index contributed by atoms with van der Waals surface area (Å²) in [7, 11) is -7.76. The van der Waals surface area contributed by atoms with E-state index in [1.807, 2.05) is 0 Å². The van der Waals surface area contributed by atoms with Gasteiger partial charge >= 0.3 is 5.97 Å². The summed E-state index contributed by atoms with van der Waals surface area (Å²) in [4.78, 5) is 11.7. The van der Waals surface area contributed by atoms with Crippen molar-refractivity contribution in [3.8, 4) is 0 Å². The second-order valence-electron chi connectivity index (χ2n) is 3.88. The number of carbonyl (C=O) groups is 1. The number of esters is 1. The minimum atomic E-state index is -4.00. The van der Waals surface area contributed by atoms with E-state index in [4.69, 9.17) is 0 Å². The van der Waals surface area contributed by atoms with Crippen molar-refractivity contribution in [3.63, 3.8) is 0 Å². The van der Waals surface area contributed by atoms with Crippen LogP contribution in [0.5, 0.6) is 0 Å². The Kier molecular flexibility index (Phi) is 3.41. The van der Waals surface area contributed by atoms with Crippen LogP contribution in [-0.2, 0) is 29.2 Å². The fourth-order valence-electron chi connectivity index (χ4n) is 1.51. The van der Waals surface area contributed by atoms with Crippen LogP contribution in [0.2, 0.25) is 0 Å².